The first-order valence-corrected chi connectivity index (χ1v) is 15.1. The molecule has 2 rings (SSSR count). The summed E-state index contributed by atoms with van der Waals surface area (Å²) in [6, 6.07) is 11.7. The lowest BCUT2D eigenvalue weighted by molar-refractivity contribution is -0.127. The number of ether oxygens (including phenoxy) is 5. The van der Waals surface area contributed by atoms with Gasteiger partial charge in [-0.15, -0.1) is 0 Å². The van der Waals surface area contributed by atoms with E-state index in [9.17, 15) is 9.90 Å². The van der Waals surface area contributed by atoms with Crippen LogP contribution in [0.25, 0.3) is 0 Å². The van der Waals surface area contributed by atoms with Gasteiger partial charge in [-0.2, -0.15) is 0 Å². The average molecular weight is 588 g/mol. The van der Waals surface area contributed by atoms with Crippen molar-refractivity contribution in [2.24, 2.45) is 23.7 Å². The first-order chi connectivity index (χ1) is 20.1. The van der Waals surface area contributed by atoms with Gasteiger partial charge in [0.15, 0.2) is 23.0 Å². The van der Waals surface area contributed by atoms with E-state index in [1.54, 1.807) is 28.4 Å². The molecule has 8 nitrogen and oxygen atoms in total. The summed E-state index contributed by atoms with van der Waals surface area (Å²) in [5.41, 5.74) is 2.10. The van der Waals surface area contributed by atoms with Crippen molar-refractivity contribution in [2.45, 2.75) is 72.4 Å². The van der Waals surface area contributed by atoms with Crippen LogP contribution in [0.2, 0.25) is 0 Å². The third-order valence-corrected chi connectivity index (χ3v) is 7.87. The molecule has 0 fully saturated rings. The van der Waals surface area contributed by atoms with Gasteiger partial charge in [0.25, 0.3) is 0 Å². The molecular formula is C34H53NO7. The fourth-order valence-electron chi connectivity index (χ4n) is 5.13. The second-order valence-corrected chi connectivity index (χ2v) is 11.6. The number of methoxy groups -OCH3 is 4. The molecule has 2 aromatic rings. The highest BCUT2D eigenvalue weighted by atomic mass is 16.5. The standard InChI is InChI=1S/C34H53NO7/c1-23(2)27(18-25-10-14-31(40-7)33(19-25)42-17-9-16-38-5)12-13-28(36)21-29(24(3)4)34(37)35-22-26-11-15-30(39-6)32(20-26)41-8/h10-11,14-15,19-20,23-24,27-29,36H,9,12-13,16-18,21-22H2,1-8H3,(H,35,37)/t27?,28-,29?/m1/s1. The van der Waals surface area contributed by atoms with Crippen LogP contribution in [-0.4, -0.2) is 58.8 Å². The molecule has 0 aliphatic heterocycles. The molecule has 2 N–H and O–H groups in total. The Morgan fingerprint density at radius 2 is 1.40 bits per heavy atom. The number of rotatable bonds is 20. The summed E-state index contributed by atoms with van der Waals surface area (Å²) in [6.45, 7) is 10.1. The average Bonchev–Trinajstić information content (AvgIpc) is 2.98. The minimum atomic E-state index is -0.555. The zero-order valence-corrected chi connectivity index (χ0v) is 26.9. The zero-order chi connectivity index (χ0) is 31.1. The second kappa shape index (κ2) is 18.5. The number of benzene rings is 2. The van der Waals surface area contributed by atoms with E-state index in [0.29, 0.717) is 55.9 Å². The maximum Gasteiger partial charge on any atom is 0.223 e. The Balaban J connectivity index is 1.96. The van der Waals surface area contributed by atoms with E-state index in [1.165, 1.54) is 5.56 Å². The van der Waals surface area contributed by atoms with Gasteiger partial charge in [-0.3, -0.25) is 4.79 Å². The van der Waals surface area contributed by atoms with Crippen molar-refractivity contribution >= 4 is 5.91 Å². The SMILES string of the molecule is COCCCOc1cc(CC(CC[C@@H](O)CC(C(=O)NCc2ccc(OC)c(OC)c2)C(C)C)C(C)C)ccc1OC. The monoisotopic (exact) mass is 587 g/mol. The van der Waals surface area contributed by atoms with Gasteiger partial charge in [-0.05, 0) is 78.8 Å². The molecule has 2 unspecified atom stereocenters. The molecular weight excluding hydrogens is 534 g/mol. The van der Waals surface area contributed by atoms with E-state index >= 15 is 0 Å². The number of hydrogen-bond acceptors (Lipinski definition) is 7. The van der Waals surface area contributed by atoms with E-state index in [-0.39, 0.29) is 17.7 Å². The van der Waals surface area contributed by atoms with Crippen molar-refractivity contribution in [1.82, 2.24) is 5.32 Å². The van der Waals surface area contributed by atoms with E-state index in [4.69, 9.17) is 23.7 Å². The number of aliphatic hydroxyl groups excluding tert-OH is 1. The second-order valence-electron chi connectivity index (χ2n) is 11.6. The molecule has 0 saturated heterocycles. The van der Waals surface area contributed by atoms with Gasteiger partial charge in [0, 0.05) is 32.6 Å². The molecule has 0 aliphatic carbocycles. The van der Waals surface area contributed by atoms with Gasteiger partial charge in [-0.25, -0.2) is 0 Å². The fourth-order valence-corrected chi connectivity index (χ4v) is 5.13. The largest absolute Gasteiger partial charge is 0.493 e. The lowest BCUT2D eigenvalue weighted by Crippen LogP contribution is -2.35. The van der Waals surface area contributed by atoms with Crippen LogP contribution in [0.15, 0.2) is 36.4 Å². The predicted octanol–water partition coefficient (Wildman–Crippen LogP) is 6.06. The molecule has 8 heteroatoms. The molecule has 2 aromatic carbocycles. The van der Waals surface area contributed by atoms with Gasteiger partial charge in [0.1, 0.15) is 0 Å². The lowest BCUT2D eigenvalue weighted by atomic mass is 9.82. The minimum absolute atomic E-state index is 0.0458. The summed E-state index contributed by atoms with van der Waals surface area (Å²) in [7, 11) is 6.52. The number of amides is 1. The normalized spacial score (nSPS) is 13.5. The lowest BCUT2D eigenvalue weighted by Gasteiger charge is -2.26. The van der Waals surface area contributed by atoms with Crippen molar-refractivity contribution in [3.05, 3.63) is 47.5 Å². The number of carbonyl (C=O) groups excluding carboxylic acids is 1. The van der Waals surface area contributed by atoms with Crippen LogP contribution in [0.5, 0.6) is 23.0 Å². The van der Waals surface area contributed by atoms with Crippen molar-refractivity contribution in [1.29, 1.82) is 0 Å². The van der Waals surface area contributed by atoms with Crippen LogP contribution in [0.3, 0.4) is 0 Å². The third-order valence-electron chi connectivity index (χ3n) is 7.87. The summed E-state index contributed by atoms with van der Waals surface area (Å²) in [5.74, 6) is 3.33. The van der Waals surface area contributed by atoms with Gasteiger partial charge >= 0.3 is 0 Å². The van der Waals surface area contributed by atoms with E-state index < -0.39 is 6.10 Å². The fraction of sp³-hybridized carbons (Fsp3) is 0.618. The smallest absolute Gasteiger partial charge is 0.223 e. The Morgan fingerprint density at radius 1 is 0.786 bits per heavy atom. The predicted molar refractivity (Wildman–Crippen MR) is 167 cm³/mol. The van der Waals surface area contributed by atoms with Crippen molar-refractivity contribution < 1.29 is 33.6 Å². The molecule has 0 bridgehead atoms. The van der Waals surface area contributed by atoms with Gasteiger partial charge in [-0.1, -0.05) is 39.8 Å². The topological polar surface area (TPSA) is 95.5 Å². The highest BCUT2D eigenvalue weighted by Gasteiger charge is 2.26. The minimum Gasteiger partial charge on any atom is -0.493 e. The Hall–Kier alpha value is -2.97. The van der Waals surface area contributed by atoms with Crippen LogP contribution >= 0.6 is 0 Å². The Morgan fingerprint density at radius 3 is 2.00 bits per heavy atom. The Bertz CT molecular complexity index is 1070. The maximum atomic E-state index is 13.1. The molecule has 0 aromatic heterocycles. The summed E-state index contributed by atoms with van der Waals surface area (Å²) in [5, 5.41) is 14.1. The molecule has 3 atom stereocenters. The van der Waals surface area contributed by atoms with Crippen LogP contribution in [0.1, 0.15) is 64.5 Å². The van der Waals surface area contributed by atoms with E-state index in [0.717, 1.165) is 36.3 Å². The zero-order valence-electron chi connectivity index (χ0n) is 26.9. The number of aliphatic hydroxyl groups is 1. The first kappa shape index (κ1) is 35.2. The van der Waals surface area contributed by atoms with Gasteiger partial charge in [0.05, 0.1) is 34.0 Å². The Labute approximate surface area is 253 Å². The van der Waals surface area contributed by atoms with Gasteiger partial charge < -0.3 is 34.1 Å². The molecule has 0 aliphatic rings. The third kappa shape index (κ3) is 11.4. The highest BCUT2D eigenvalue weighted by Crippen LogP contribution is 2.32. The molecule has 0 spiro atoms. The van der Waals surface area contributed by atoms with Gasteiger partial charge in [0.2, 0.25) is 5.91 Å². The van der Waals surface area contributed by atoms with Crippen LogP contribution in [0.4, 0.5) is 0 Å². The van der Waals surface area contributed by atoms with Crippen molar-refractivity contribution in [2.75, 3.05) is 41.7 Å². The number of nitrogens with one attached hydrogen (secondary N) is 1. The molecule has 42 heavy (non-hydrogen) atoms. The summed E-state index contributed by atoms with van der Waals surface area (Å²) >= 11 is 0. The summed E-state index contributed by atoms with van der Waals surface area (Å²) in [6.07, 6.45) is 3.08. The van der Waals surface area contributed by atoms with Crippen LogP contribution in [-0.2, 0) is 22.5 Å². The van der Waals surface area contributed by atoms with Crippen molar-refractivity contribution in [3.8, 4) is 23.0 Å². The summed E-state index contributed by atoms with van der Waals surface area (Å²) in [4.78, 5) is 13.1. The van der Waals surface area contributed by atoms with Crippen molar-refractivity contribution in [3.63, 3.8) is 0 Å². The molecule has 1 amide bonds. The number of carbonyl (C=O) groups is 1. The molecule has 0 saturated carbocycles. The quantitative estimate of drug-likeness (QED) is 0.182. The van der Waals surface area contributed by atoms with E-state index in [1.807, 2.05) is 38.1 Å². The molecule has 0 heterocycles. The summed E-state index contributed by atoms with van der Waals surface area (Å²) < 4.78 is 27.3. The van der Waals surface area contributed by atoms with Crippen LogP contribution < -0.4 is 24.3 Å². The maximum absolute atomic E-state index is 13.1. The van der Waals surface area contributed by atoms with E-state index in [2.05, 4.69) is 31.3 Å². The Kier molecular flexibility index (Phi) is 15.6. The molecule has 0 radical (unpaired) electrons. The van der Waals surface area contributed by atoms with Crippen LogP contribution in [0, 0.1) is 23.7 Å². The first-order valence-electron chi connectivity index (χ1n) is 15.1. The number of hydrogen-bond donors (Lipinski definition) is 2. The highest BCUT2D eigenvalue weighted by molar-refractivity contribution is 5.78. The molecule has 236 valence electrons.